The van der Waals surface area contributed by atoms with Crippen molar-refractivity contribution < 1.29 is 9.90 Å². The molecule has 0 aliphatic heterocycles. The highest BCUT2D eigenvalue weighted by Crippen LogP contribution is 2.66. The molecule has 2 unspecified atom stereocenters. The van der Waals surface area contributed by atoms with E-state index in [4.69, 9.17) is 0 Å². The summed E-state index contributed by atoms with van der Waals surface area (Å²) in [7, 11) is 0. The maximum Gasteiger partial charge on any atom is 0.164 e. The number of aliphatic hydroxyl groups is 1. The Balaban J connectivity index is 2.17. The van der Waals surface area contributed by atoms with Gasteiger partial charge in [-0.15, -0.1) is 0 Å². The maximum absolute atomic E-state index is 12.8. The third-order valence-electron chi connectivity index (χ3n) is 5.58. The molecular formula is C18H26O2. The van der Waals surface area contributed by atoms with Crippen LogP contribution >= 0.6 is 0 Å². The molecule has 2 fully saturated rings. The number of allylic oxidation sites excluding steroid dienone is 1. The standard InChI is InChI=1S/C18H26O2/c1-10(2)8-13-14-12(9-17(4,5)16(14)20)15(19)11(3)18(13)6-7-18/h10,12,15,19H,3,6-9H2,1-2,4-5H3. The van der Waals surface area contributed by atoms with Gasteiger partial charge in [0.05, 0.1) is 6.10 Å². The van der Waals surface area contributed by atoms with E-state index < -0.39 is 6.10 Å². The highest BCUT2D eigenvalue weighted by atomic mass is 16.3. The topological polar surface area (TPSA) is 37.3 Å². The minimum absolute atomic E-state index is 0.00928. The van der Waals surface area contributed by atoms with Crippen molar-refractivity contribution in [3.8, 4) is 0 Å². The zero-order chi connectivity index (χ0) is 14.9. The Bertz CT molecular complexity index is 518. The number of carbonyl (C=O) groups excluding carboxylic acids is 1. The molecule has 110 valence electrons. The molecule has 2 heteroatoms. The predicted molar refractivity (Wildman–Crippen MR) is 80.2 cm³/mol. The van der Waals surface area contributed by atoms with Gasteiger partial charge in [0.1, 0.15) is 0 Å². The SMILES string of the molecule is C=C1C(O)C2CC(C)(C)C(=O)C2=C(CC(C)C)C12CC2. The first-order valence-corrected chi connectivity index (χ1v) is 7.86. The van der Waals surface area contributed by atoms with Crippen LogP contribution in [-0.2, 0) is 4.79 Å². The van der Waals surface area contributed by atoms with Crippen LogP contribution in [0, 0.1) is 22.7 Å². The lowest BCUT2D eigenvalue weighted by atomic mass is 9.69. The molecule has 1 spiro atoms. The van der Waals surface area contributed by atoms with Gasteiger partial charge in [-0.05, 0) is 37.2 Å². The number of Topliss-reactive ketones (excluding diaryl/α,β-unsaturated/α-hetero) is 1. The van der Waals surface area contributed by atoms with Gasteiger partial charge in [-0.3, -0.25) is 4.79 Å². The van der Waals surface area contributed by atoms with E-state index in [0.717, 1.165) is 36.8 Å². The van der Waals surface area contributed by atoms with E-state index in [-0.39, 0.29) is 22.5 Å². The molecule has 0 amide bonds. The van der Waals surface area contributed by atoms with Crippen LogP contribution in [0.4, 0.5) is 0 Å². The monoisotopic (exact) mass is 274 g/mol. The number of fused-ring (bicyclic) bond motifs is 1. The second-order valence-electron chi connectivity index (χ2n) is 8.07. The van der Waals surface area contributed by atoms with E-state index >= 15 is 0 Å². The largest absolute Gasteiger partial charge is 0.388 e. The number of hydrogen-bond donors (Lipinski definition) is 1. The van der Waals surface area contributed by atoms with Gasteiger partial charge < -0.3 is 5.11 Å². The minimum atomic E-state index is -0.519. The van der Waals surface area contributed by atoms with Crippen LogP contribution in [0.1, 0.15) is 53.4 Å². The van der Waals surface area contributed by atoms with Crippen molar-refractivity contribution in [3.05, 3.63) is 23.3 Å². The Morgan fingerprint density at radius 2 is 1.95 bits per heavy atom. The van der Waals surface area contributed by atoms with Crippen molar-refractivity contribution >= 4 is 5.78 Å². The van der Waals surface area contributed by atoms with Gasteiger partial charge in [0.25, 0.3) is 0 Å². The van der Waals surface area contributed by atoms with Gasteiger partial charge >= 0.3 is 0 Å². The van der Waals surface area contributed by atoms with Gasteiger partial charge in [0, 0.05) is 22.3 Å². The number of ketones is 1. The summed E-state index contributed by atoms with van der Waals surface area (Å²) in [6.45, 7) is 12.6. The molecule has 0 bridgehead atoms. The molecule has 1 N–H and O–H groups in total. The summed E-state index contributed by atoms with van der Waals surface area (Å²) in [4.78, 5) is 12.8. The summed E-state index contributed by atoms with van der Waals surface area (Å²) in [6, 6.07) is 0. The zero-order valence-corrected chi connectivity index (χ0v) is 13.1. The fourth-order valence-electron chi connectivity index (χ4n) is 4.35. The normalized spacial score (nSPS) is 34.1. The lowest BCUT2D eigenvalue weighted by Gasteiger charge is -2.37. The van der Waals surface area contributed by atoms with E-state index in [1.54, 1.807) is 0 Å². The fraction of sp³-hybridized carbons (Fsp3) is 0.722. The molecule has 3 aliphatic rings. The summed E-state index contributed by atoms with van der Waals surface area (Å²) in [6.07, 6.45) is 3.34. The third-order valence-corrected chi connectivity index (χ3v) is 5.58. The van der Waals surface area contributed by atoms with Crippen molar-refractivity contribution in [1.82, 2.24) is 0 Å². The lowest BCUT2D eigenvalue weighted by Crippen LogP contribution is -2.35. The molecule has 0 radical (unpaired) electrons. The molecule has 0 heterocycles. The second kappa shape index (κ2) is 4.07. The van der Waals surface area contributed by atoms with Crippen molar-refractivity contribution in [1.29, 1.82) is 0 Å². The van der Waals surface area contributed by atoms with Gasteiger partial charge in [0.15, 0.2) is 5.78 Å². The highest BCUT2D eigenvalue weighted by Gasteiger charge is 2.60. The summed E-state index contributed by atoms with van der Waals surface area (Å²) in [5.41, 5.74) is 2.91. The summed E-state index contributed by atoms with van der Waals surface area (Å²) >= 11 is 0. The number of rotatable bonds is 2. The molecule has 20 heavy (non-hydrogen) atoms. The Labute approximate surface area is 122 Å². The van der Waals surface area contributed by atoms with E-state index in [1.165, 1.54) is 5.57 Å². The lowest BCUT2D eigenvalue weighted by molar-refractivity contribution is -0.121. The number of hydrogen-bond acceptors (Lipinski definition) is 2. The van der Waals surface area contributed by atoms with E-state index in [1.807, 2.05) is 13.8 Å². The van der Waals surface area contributed by atoms with Gasteiger partial charge in [-0.2, -0.15) is 0 Å². The van der Waals surface area contributed by atoms with Crippen LogP contribution in [0.3, 0.4) is 0 Å². The Morgan fingerprint density at radius 1 is 1.35 bits per heavy atom. The predicted octanol–water partition coefficient (Wildman–Crippen LogP) is 3.66. The van der Waals surface area contributed by atoms with Crippen molar-refractivity contribution in [2.45, 2.75) is 59.5 Å². The zero-order valence-electron chi connectivity index (χ0n) is 13.1. The molecule has 0 aromatic heterocycles. The molecule has 0 aromatic carbocycles. The van der Waals surface area contributed by atoms with Crippen LogP contribution in [0.5, 0.6) is 0 Å². The van der Waals surface area contributed by atoms with Crippen molar-refractivity contribution in [2.24, 2.45) is 22.7 Å². The second-order valence-corrected chi connectivity index (χ2v) is 8.07. The van der Waals surface area contributed by atoms with Crippen LogP contribution in [0.15, 0.2) is 23.3 Å². The summed E-state index contributed by atoms with van der Waals surface area (Å²) in [5.74, 6) is 0.802. The molecule has 3 rings (SSSR count). The number of aliphatic hydroxyl groups excluding tert-OH is 1. The van der Waals surface area contributed by atoms with Crippen LogP contribution in [-0.4, -0.2) is 17.0 Å². The van der Waals surface area contributed by atoms with E-state index in [0.29, 0.717) is 5.92 Å². The Hall–Kier alpha value is -0.890. The summed E-state index contributed by atoms with van der Waals surface area (Å²) < 4.78 is 0. The van der Waals surface area contributed by atoms with Crippen molar-refractivity contribution in [3.63, 3.8) is 0 Å². The minimum Gasteiger partial charge on any atom is -0.388 e. The van der Waals surface area contributed by atoms with E-state index in [9.17, 15) is 9.90 Å². The smallest absolute Gasteiger partial charge is 0.164 e. The molecule has 2 atom stereocenters. The molecule has 0 aromatic rings. The third kappa shape index (κ3) is 1.70. The van der Waals surface area contributed by atoms with E-state index in [2.05, 4.69) is 20.4 Å². The molecule has 0 saturated heterocycles. The highest BCUT2D eigenvalue weighted by molar-refractivity contribution is 6.04. The average Bonchev–Trinajstić information content (AvgIpc) is 3.09. The Morgan fingerprint density at radius 3 is 2.45 bits per heavy atom. The first kappa shape index (κ1) is 14.1. The fourth-order valence-corrected chi connectivity index (χ4v) is 4.35. The molecule has 2 nitrogen and oxygen atoms in total. The number of carbonyl (C=O) groups is 1. The quantitative estimate of drug-likeness (QED) is 0.780. The Kier molecular flexibility index (Phi) is 2.86. The summed E-state index contributed by atoms with van der Waals surface area (Å²) in [5, 5.41) is 10.6. The molecule has 2 saturated carbocycles. The van der Waals surface area contributed by atoms with Gasteiger partial charge in [-0.1, -0.05) is 39.8 Å². The van der Waals surface area contributed by atoms with Gasteiger partial charge in [0.2, 0.25) is 0 Å². The molecular weight excluding hydrogens is 248 g/mol. The van der Waals surface area contributed by atoms with Crippen molar-refractivity contribution in [2.75, 3.05) is 0 Å². The van der Waals surface area contributed by atoms with Crippen LogP contribution < -0.4 is 0 Å². The molecule has 3 aliphatic carbocycles. The first-order chi connectivity index (χ1) is 9.20. The van der Waals surface area contributed by atoms with Gasteiger partial charge in [-0.25, -0.2) is 0 Å². The van der Waals surface area contributed by atoms with Crippen LogP contribution in [0.2, 0.25) is 0 Å². The van der Waals surface area contributed by atoms with Crippen LogP contribution in [0.25, 0.3) is 0 Å². The maximum atomic E-state index is 12.8. The first-order valence-electron chi connectivity index (χ1n) is 7.86. The average molecular weight is 274 g/mol.